The lowest BCUT2D eigenvalue weighted by molar-refractivity contribution is -0.141. The fourth-order valence-electron chi connectivity index (χ4n) is 5.54. The number of benzene rings is 1. The molecule has 9 nitrogen and oxygen atoms in total. The van der Waals surface area contributed by atoms with Gasteiger partial charge in [-0.3, -0.25) is 18.8 Å². The maximum Gasteiger partial charge on any atom is 0.247 e. The Balaban J connectivity index is 1.45. The van der Waals surface area contributed by atoms with Crippen molar-refractivity contribution in [2.24, 2.45) is 5.41 Å². The zero-order chi connectivity index (χ0) is 27.5. The Labute approximate surface area is 226 Å². The number of likely N-dealkylation sites (N-methyl/N-ethyl adjacent to an activating group) is 1. The molecule has 2 heterocycles. The molecule has 1 aliphatic carbocycles. The summed E-state index contributed by atoms with van der Waals surface area (Å²) in [6.07, 6.45) is 8.38. The highest BCUT2D eigenvalue weighted by molar-refractivity contribution is 7.88. The Morgan fingerprint density at radius 1 is 1.16 bits per heavy atom. The van der Waals surface area contributed by atoms with Crippen molar-refractivity contribution in [1.82, 2.24) is 19.4 Å². The summed E-state index contributed by atoms with van der Waals surface area (Å²) < 4.78 is 32.5. The van der Waals surface area contributed by atoms with Crippen molar-refractivity contribution in [2.75, 3.05) is 46.6 Å². The first-order valence-corrected chi connectivity index (χ1v) is 15.1. The number of hydrogen-bond donors (Lipinski definition) is 1. The quantitative estimate of drug-likeness (QED) is 0.512. The molecule has 3 aliphatic rings. The molecule has 0 saturated carbocycles. The molecule has 38 heavy (non-hydrogen) atoms. The molecule has 1 aromatic rings. The van der Waals surface area contributed by atoms with E-state index in [9.17, 15) is 18.0 Å². The molecular formula is C28H40N4O5S. The molecule has 4 rings (SSSR count). The van der Waals surface area contributed by atoms with Crippen LogP contribution in [0.3, 0.4) is 0 Å². The molecule has 1 saturated heterocycles. The Hall–Kier alpha value is -2.69. The Bertz CT molecular complexity index is 1190. The fraction of sp³-hybridized carbons (Fsp3) is 0.571. The highest BCUT2D eigenvalue weighted by atomic mass is 32.2. The molecule has 2 aliphatic heterocycles. The van der Waals surface area contributed by atoms with E-state index in [0.717, 1.165) is 29.7 Å². The third-order valence-electron chi connectivity index (χ3n) is 8.06. The predicted octanol–water partition coefficient (Wildman–Crippen LogP) is 2.13. The lowest BCUT2D eigenvalue weighted by atomic mass is 9.72. The third-order valence-corrected chi connectivity index (χ3v) is 9.21. The number of nitrogens with one attached hydrogen (secondary N) is 1. The summed E-state index contributed by atoms with van der Waals surface area (Å²) in [7, 11) is 0.281. The summed E-state index contributed by atoms with van der Waals surface area (Å²) >= 11 is 0. The number of likely N-dealkylation sites (tertiary alicyclic amines) is 1. The number of hydrogen-bond acceptors (Lipinski definition) is 6. The van der Waals surface area contributed by atoms with Gasteiger partial charge in [-0.1, -0.05) is 42.5 Å². The number of nitrogens with zero attached hydrogens (tertiary/aromatic N) is 3. The van der Waals surface area contributed by atoms with Gasteiger partial charge in [0, 0.05) is 30.7 Å². The van der Waals surface area contributed by atoms with Gasteiger partial charge in [0.2, 0.25) is 21.8 Å². The van der Waals surface area contributed by atoms with E-state index in [1.54, 1.807) is 21.0 Å². The van der Waals surface area contributed by atoms with Crippen LogP contribution in [0.1, 0.15) is 38.2 Å². The lowest BCUT2D eigenvalue weighted by Crippen LogP contribution is -2.56. The second-order valence-electron chi connectivity index (χ2n) is 10.9. The van der Waals surface area contributed by atoms with Gasteiger partial charge >= 0.3 is 0 Å². The van der Waals surface area contributed by atoms with Crippen LogP contribution in [-0.2, 0) is 31.0 Å². The maximum absolute atomic E-state index is 13.7. The molecule has 0 unspecified atom stereocenters. The van der Waals surface area contributed by atoms with E-state index >= 15 is 0 Å². The molecule has 1 spiro atoms. The summed E-state index contributed by atoms with van der Waals surface area (Å²) in [5, 5.41) is 2.91. The number of piperidine rings is 1. The molecule has 0 aromatic heterocycles. The van der Waals surface area contributed by atoms with Crippen LogP contribution in [0.15, 0.2) is 53.8 Å². The molecule has 2 amide bonds. The van der Waals surface area contributed by atoms with Gasteiger partial charge in [0.25, 0.3) is 0 Å². The topological polar surface area (TPSA) is 99.3 Å². The average molecular weight is 545 g/mol. The summed E-state index contributed by atoms with van der Waals surface area (Å²) in [6.45, 7) is 3.63. The van der Waals surface area contributed by atoms with Gasteiger partial charge in [-0.15, -0.1) is 0 Å². The highest BCUT2D eigenvalue weighted by Gasteiger charge is 2.49. The Morgan fingerprint density at radius 2 is 1.84 bits per heavy atom. The number of carbonyl (C=O) groups is 2. The number of ether oxygens (including phenoxy) is 1. The number of allylic oxidation sites excluding steroid dienone is 3. The normalized spacial score (nSPS) is 20.6. The standard InChI is InChI=1S/C28H40N4O5S/c1-21(30(2)3)26(33)29-24(19-37-18-22-10-6-5-7-11-22)27(34)31-16-14-28(15-17-31)20-32(38(4,35)36)25-13-9-8-12-23(25)28/h5-8,10-12,21,24H,9,13-20H2,1-4H3,(H,29,33)/t21-,24+/m0/s1. The van der Waals surface area contributed by atoms with Crippen molar-refractivity contribution < 1.29 is 22.7 Å². The first kappa shape index (κ1) is 28.3. The number of fused-ring (bicyclic) bond motifs is 1. The molecule has 1 fully saturated rings. The number of sulfonamides is 1. The van der Waals surface area contributed by atoms with E-state index in [2.05, 4.69) is 17.5 Å². The summed E-state index contributed by atoms with van der Waals surface area (Å²) in [5.74, 6) is -0.398. The van der Waals surface area contributed by atoms with Crippen molar-refractivity contribution in [3.63, 3.8) is 0 Å². The average Bonchev–Trinajstić information content (AvgIpc) is 3.22. The largest absolute Gasteiger partial charge is 0.374 e. The minimum absolute atomic E-state index is 0.0706. The van der Waals surface area contributed by atoms with Gasteiger partial charge in [-0.2, -0.15) is 0 Å². The first-order valence-electron chi connectivity index (χ1n) is 13.3. The SMILES string of the molecule is C[C@@H](C(=O)N[C@H](COCc1ccccc1)C(=O)N1CCC2(CC1)CN(S(C)(=O)=O)C1=C2C=CCC1)N(C)C. The molecule has 0 radical (unpaired) electrons. The van der Waals surface area contributed by atoms with Crippen LogP contribution in [0.5, 0.6) is 0 Å². The van der Waals surface area contributed by atoms with Gasteiger partial charge in [-0.05, 0) is 57.8 Å². The lowest BCUT2D eigenvalue weighted by Gasteiger charge is -2.41. The summed E-state index contributed by atoms with van der Waals surface area (Å²) in [6, 6.07) is 8.51. The van der Waals surface area contributed by atoms with E-state index in [1.165, 1.54) is 6.26 Å². The minimum Gasteiger partial charge on any atom is -0.374 e. The van der Waals surface area contributed by atoms with Gasteiger partial charge in [-0.25, -0.2) is 8.42 Å². The second kappa shape index (κ2) is 11.6. The van der Waals surface area contributed by atoms with Crippen molar-refractivity contribution in [2.45, 2.75) is 51.3 Å². The van der Waals surface area contributed by atoms with E-state index in [1.807, 2.05) is 44.4 Å². The summed E-state index contributed by atoms with van der Waals surface area (Å²) in [4.78, 5) is 30.1. The highest BCUT2D eigenvalue weighted by Crippen LogP contribution is 2.50. The van der Waals surface area contributed by atoms with Crippen LogP contribution >= 0.6 is 0 Å². The molecular weight excluding hydrogens is 504 g/mol. The van der Waals surface area contributed by atoms with Gasteiger partial charge in [0.15, 0.2) is 0 Å². The van der Waals surface area contributed by atoms with Crippen molar-refractivity contribution in [3.05, 3.63) is 59.3 Å². The van der Waals surface area contributed by atoms with Crippen LogP contribution in [0.2, 0.25) is 0 Å². The van der Waals surface area contributed by atoms with Gasteiger partial charge in [0.1, 0.15) is 6.04 Å². The molecule has 2 atom stereocenters. The molecule has 208 valence electrons. The van der Waals surface area contributed by atoms with E-state index in [0.29, 0.717) is 39.1 Å². The summed E-state index contributed by atoms with van der Waals surface area (Å²) in [5.41, 5.74) is 2.73. The molecule has 0 bridgehead atoms. The van der Waals surface area contributed by atoms with E-state index in [-0.39, 0.29) is 23.8 Å². The number of rotatable bonds is 9. The van der Waals surface area contributed by atoms with Crippen LogP contribution in [0.4, 0.5) is 0 Å². The van der Waals surface area contributed by atoms with Crippen molar-refractivity contribution in [1.29, 1.82) is 0 Å². The third kappa shape index (κ3) is 6.13. The molecule has 1 aromatic carbocycles. The van der Waals surface area contributed by atoms with Gasteiger partial charge < -0.3 is 15.0 Å². The van der Waals surface area contributed by atoms with Crippen LogP contribution in [-0.4, -0.2) is 93.0 Å². The Kier molecular flexibility index (Phi) is 8.64. The smallest absolute Gasteiger partial charge is 0.247 e. The van der Waals surface area contributed by atoms with Crippen molar-refractivity contribution >= 4 is 21.8 Å². The fourth-order valence-corrected chi connectivity index (χ4v) is 6.61. The van der Waals surface area contributed by atoms with Gasteiger partial charge in [0.05, 0.1) is 25.5 Å². The molecule has 10 heteroatoms. The number of carbonyl (C=O) groups excluding carboxylic acids is 2. The minimum atomic E-state index is -3.36. The maximum atomic E-state index is 13.7. The Morgan fingerprint density at radius 3 is 2.47 bits per heavy atom. The van der Waals surface area contributed by atoms with Crippen molar-refractivity contribution in [3.8, 4) is 0 Å². The van der Waals surface area contributed by atoms with E-state index < -0.39 is 22.1 Å². The van der Waals surface area contributed by atoms with Crippen LogP contribution in [0, 0.1) is 5.41 Å². The number of amides is 2. The van der Waals surface area contributed by atoms with Crippen LogP contribution < -0.4 is 5.32 Å². The van der Waals surface area contributed by atoms with E-state index in [4.69, 9.17) is 4.74 Å². The van der Waals surface area contributed by atoms with Crippen LogP contribution in [0.25, 0.3) is 0 Å². The zero-order valence-electron chi connectivity index (χ0n) is 22.9. The second-order valence-corrected chi connectivity index (χ2v) is 12.8. The predicted molar refractivity (Wildman–Crippen MR) is 146 cm³/mol. The monoisotopic (exact) mass is 544 g/mol. The zero-order valence-corrected chi connectivity index (χ0v) is 23.7. The first-order chi connectivity index (χ1) is 18.0. The molecule has 1 N–H and O–H groups in total.